The molecule has 2 rings (SSSR count). The van der Waals surface area contributed by atoms with Gasteiger partial charge in [0.15, 0.2) is 11.5 Å². The van der Waals surface area contributed by atoms with Gasteiger partial charge in [0.1, 0.15) is 5.01 Å². The van der Waals surface area contributed by atoms with Crippen molar-refractivity contribution in [2.75, 3.05) is 21.3 Å². The number of benzene rings is 1. The third-order valence-electron chi connectivity index (χ3n) is 3.35. The third kappa shape index (κ3) is 4.00. The van der Waals surface area contributed by atoms with Gasteiger partial charge in [0, 0.05) is 5.56 Å². The summed E-state index contributed by atoms with van der Waals surface area (Å²) in [6.45, 7) is 3.73. The second-order valence-corrected chi connectivity index (χ2v) is 6.06. The molecular formula is C16H21N5O3S. The molecule has 1 aromatic carbocycles. The number of guanidine groups is 1. The molecule has 9 heteroatoms. The van der Waals surface area contributed by atoms with Crippen LogP contribution in [0.15, 0.2) is 22.3 Å². The highest BCUT2D eigenvalue weighted by Gasteiger charge is 2.18. The summed E-state index contributed by atoms with van der Waals surface area (Å²) in [6, 6.07) is 3.71. The van der Waals surface area contributed by atoms with Gasteiger partial charge in [0.25, 0.3) is 0 Å². The van der Waals surface area contributed by atoms with E-state index in [0.29, 0.717) is 23.0 Å². The zero-order valence-electron chi connectivity index (χ0n) is 14.8. The van der Waals surface area contributed by atoms with Crippen LogP contribution < -0.4 is 25.7 Å². The third-order valence-corrected chi connectivity index (χ3v) is 4.67. The second-order valence-electron chi connectivity index (χ2n) is 5.06. The van der Waals surface area contributed by atoms with Crippen molar-refractivity contribution in [3.63, 3.8) is 0 Å². The Bertz CT molecular complexity index is 800. The highest BCUT2D eigenvalue weighted by molar-refractivity contribution is 7.17. The van der Waals surface area contributed by atoms with Crippen LogP contribution in [-0.2, 0) is 0 Å². The van der Waals surface area contributed by atoms with Gasteiger partial charge in [0.05, 0.1) is 37.6 Å². The first-order valence-electron chi connectivity index (χ1n) is 7.32. The molecule has 0 aliphatic carbocycles. The first-order valence-corrected chi connectivity index (χ1v) is 8.14. The maximum Gasteiger partial charge on any atom is 0.211 e. The van der Waals surface area contributed by atoms with E-state index in [-0.39, 0.29) is 5.96 Å². The Morgan fingerprint density at radius 2 is 1.64 bits per heavy atom. The normalized spacial score (nSPS) is 11.2. The van der Waals surface area contributed by atoms with E-state index in [9.17, 15) is 0 Å². The Hall–Kier alpha value is -2.81. The van der Waals surface area contributed by atoms with Crippen LogP contribution in [0, 0.1) is 6.92 Å². The lowest BCUT2D eigenvalue weighted by atomic mass is 10.2. The minimum Gasteiger partial charge on any atom is -0.493 e. The van der Waals surface area contributed by atoms with Crippen LogP contribution in [-0.4, -0.2) is 38.0 Å². The van der Waals surface area contributed by atoms with Crippen LogP contribution >= 0.6 is 11.3 Å². The molecule has 1 heterocycles. The lowest BCUT2D eigenvalue weighted by molar-refractivity contribution is 0.324. The minimum atomic E-state index is -0.0913. The molecule has 25 heavy (non-hydrogen) atoms. The molecule has 0 aliphatic heterocycles. The molecule has 0 aliphatic rings. The van der Waals surface area contributed by atoms with Crippen molar-refractivity contribution in [2.45, 2.75) is 13.8 Å². The summed E-state index contributed by atoms with van der Waals surface area (Å²) in [4.78, 5) is 5.51. The number of rotatable bonds is 6. The number of ether oxygens (including phenoxy) is 3. The molecule has 0 saturated carbocycles. The van der Waals surface area contributed by atoms with Gasteiger partial charge in [-0.05, 0) is 26.0 Å². The van der Waals surface area contributed by atoms with Gasteiger partial charge in [-0.15, -0.1) is 16.4 Å². The van der Waals surface area contributed by atoms with Crippen molar-refractivity contribution in [2.24, 2.45) is 21.7 Å². The number of thiazole rings is 1. The number of aromatic nitrogens is 1. The van der Waals surface area contributed by atoms with E-state index >= 15 is 0 Å². The van der Waals surface area contributed by atoms with Crippen molar-refractivity contribution in [3.8, 4) is 27.8 Å². The highest BCUT2D eigenvalue weighted by Crippen LogP contribution is 2.42. The van der Waals surface area contributed by atoms with Crippen molar-refractivity contribution in [1.29, 1.82) is 0 Å². The summed E-state index contributed by atoms with van der Waals surface area (Å²) in [5.74, 6) is 1.58. The summed E-state index contributed by atoms with van der Waals surface area (Å²) in [7, 11) is 4.71. The number of nitrogens with two attached hydrogens (primary N) is 2. The number of aryl methyl sites for hydroxylation is 1. The minimum absolute atomic E-state index is 0.0913. The van der Waals surface area contributed by atoms with Crippen LogP contribution in [0.1, 0.15) is 17.5 Å². The van der Waals surface area contributed by atoms with Crippen molar-refractivity contribution in [3.05, 3.63) is 22.7 Å². The quantitative estimate of drug-likeness (QED) is 0.461. The van der Waals surface area contributed by atoms with E-state index in [0.717, 1.165) is 21.1 Å². The molecule has 0 amide bonds. The molecule has 0 bridgehead atoms. The fourth-order valence-electron chi connectivity index (χ4n) is 2.24. The van der Waals surface area contributed by atoms with Crippen molar-refractivity contribution >= 4 is 23.0 Å². The predicted octanol–water partition coefficient (Wildman–Crippen LogP) is 2.14. The Kier molecular flexibility index (Phi) is 5.81. The zero-order chi connectivity index (χ0) is 18.6. The van der Waals surface area contributed by atoms with Crippen LogP contribution in [0.5, 0.6) is 17.2 Å². The summed E-state index contributed by atoms with van der Waals surface area (Å²) in [6.07, 6.45) is 0. The van der Waals surface area contributed by atoms with E-state index in [4.69, 9.17) is 25.7 Å². The molecule has 0 radical (unpaired) electrons. The fourth-order valence-corrected chi connectivity index (χ4v) is 3.23. The molecule has 134 valence electrons. The van der Waals surface area contributed by atoms with Gasteiger partial charge in [-0.1, -0.05) is 0 Å². The molecule has 1 aromatic heterocycles. The van der Waals surface area contributed by atoms with Crippen LogP contribution in [0.3, 0.4) is 0 Å². The molecule has 0 unspecified atom stereocenters. The number of nitrogens with zero attached hydrogens (tertiary/aromatic N) is 3. The van der Waals surface area contributed by atoms with Gasteiger partial charge in [0.2, 0.25) is 11.7 Å². The van der Waals surface area contributed by atoms with Gasteiger partial charge < -0.3 is 25.7 Å². The molecule has 2 aromatic rings. The topological polar surface area (TPSA) is 117 Å². The molecular weight excluding hydrogens is 342 g/mol. The average Bonchev–Trinajstić information content (AvgIpc) is 3.00. The summed E-state index contributed by atoms with van der Waals surface area (Å²) >= 11 is 1.48. The van der Waals surface area contributed by atoms with Gasteiger partial charge >= 0.3 is 0 Å². The SMILES string of the molecule is COc1cc(-c2nc(C)c(/C(C)=N/N=C(N)N)s2)cc(OC)c1OC. The maximum absolute atomic E-state index is 5.39. The highest BCUT2D eigenvalue weighted by atomic mass is 32.1. The Labute approximate surface area is 150 Å². The molecule has 0 spiro atoms. The fraction of sp³-hybridized carbons (Fsp3) is 0.312. The zero-order valence-corrected chi connectivity index (χ0v) is 15.6. The molecule has 0 saturated heterocycles. The van der Waals surface area contributed by atoms with Gasteiger partial charge in [-0.2, -0.15) is 5.10 Å². The molecule has 4 N–H and O–H groups in total. The van der Waals surface area contributed by atoms with Gasteiger partial charge in [-0.25, -0.2) is 4.98 Å². The second kappa shape index (κ2) is 7.84. The van der Waals surface area contributed by atoms with Crippen LogP contribution in [0.25, 0.3) is 10.6 Å². The lowest BCUT2D eigenvalue weighted by Gasteiger charge is -2.13. The number of hydrogen-bond donors (Lipinski definition) is 2. The Morgan fingerprint density at radius 3 is 2.12 bits per heavy atom. The van der Waals surface area contributed by atoms with Crippen LogP contribution in [0.2, 0.25) is 0 Å². The molecule has 0 atom stereocenters. The smallest absolute Gasteiger partial charge is 0.211 e. The maximum atomic E-state index is 5.39. The first kappa shape index (κ1) is 18.5. The van der Waals surface area contributed by atoms with E-state index in [1.54, 1.807) is 21.3 Å². The Balaban J connectivity index is 2.52. The van der Waals surface area contributed by atoms with Crippen molar-refractivity contribution in [1.82, 2.24) is 4.98 Å². The average molecular weight is 363 g/mol. The van der Waals surface area contributed by atoms with E-state index in [1.807, 2.05) is 26.0 Å². The standard InChI is InChI=1S/C16H21N5O3S/c1-8-14(9(2)20-21-16(17)18)25-15(19-8)10-6-11(22-3)13(24-5)12(7-10)23-4/h6-7H,1-5H3,(H4,17,18,21)/b20-9+. The number of methoxy groups -OCH3 is 3. The summed E-state index contributed by atoms with van der Waals surface area (Å²) in [5.41, 5.74) is 13.0. The Morgan fingerprint density at radius 1 is 1.04 bits per heavy atom. The van der Waals surface area contributed by atoms with E-state index < -0.39 is 0 Å². The number of hydrogen-bond acceptors (Lipinski definition) is 7. The lowest BCUT2D eigenvalue weighted by Crippen LogP contribution is -2.22. The van der Waals surface area contributed by atoms with E-state index in [2.05, 4.69) is 15.2 Å². The van der Waals surface area contributed by atoms with Crippen LogP contribution in [0.4, 0.5) is 0 Å². The predicted molar refractivity (Wildman–Crippen MR) is 100.0 cm³/mol. The van der Waals surface area contributed by atoms with Crippen molar-refractivity contribution < 1.29 is 14.2 Å². The molecule has 0 fully saturated rings. The first-order chi connectivity index (χ1) is 11.9. The summed E-state index contributed by atoms with van der Waals surface area (Å²) < 4.78 is 16.1. The largest absolute Gasteiger partial charge is 0.493 e. The summed E-state index contributed by atoms with van der Waals surface area (Å²) in [5, 5.41) is 8.49. The molecule has 8 nitrogen and oxygen atoms in total. The van der Waals surface area contributed by atoms with Gasteiger partial charge in [-0.3, -0.25) is 0 Å². The monoisotopic (exact) mass is 363 g/mol. The van der Waals surface area contributed by atoms with E-state index in [1.165, 1.54) is 11.3 Å².